The number of nitrogens with one attached hydrogen (secondary N) is 2. The van der Waals surface area contributed by atoms with Crippen LogP contribution in [0.3, 0.4) is 0 Å². The monoisotopic (exact) mass is 450 g/mol. The minimum atomic E-state index is -0.0833. The molecule has 2 unspecified atom stereocenters. The first-order valence-electron chi connectivity index (χ1n) is 12.2. The molecule has 3 fully saturated rings. The van der Waals surface area contributed by atoms with Crippen LogP contribution in [0.4, 0.5) is 16.2 Å². The summed E-state index contributed by atoms with van der Waals surface area (Å²) in [6.45, 7) is 8.73. The molecule has 3 amide bonds. The summed E-state index contributed by atoms with van der Waals surface area (Å²) in [7, 11) is 0. The van der Waals surface area contributed by atoms with Gasteiger partial charge in [0, 0.05) is 36.3 Å². The molecule has 1 aromatic heterocycles. The molecule has 3 heterocycles. The zero-order valence-corrected chi connectivity index (χ0v) is 19.6. The van der Waals surface area contributed by atoms with Crippen LogP contribution in [0.2, 0.25) is 0 Å². The van der Waals surface area contributed by atoms with Gasteiger partial charge in [-0.05, 0) is 88.0 Å². The van der Waals surface area contributed by atoms with Crippen LogP contribution in [0.25, 0.3) is 0 Å². The fraction of sp³-hybridized carbons (Fsp3) is 0.538. The van der Waals surface area contributed by atoms with Crippen LogP contribution in [0.5, 0.6) is 0 Å². The van der Waals surface area contributed by atoms with Crippen molar-refractivity contribution in [2.24, 2.45) is 11.3 Å². The average Bonchev–Trinajstić information content (AvgIpc) is 3.09. The molecule has 2 atom stereocenters. The lowest BCUT2D eigenvalue weighted by Gasteiger charge is -2.33. The standard InChI is InChI=1S/C26H34N4O3/c1-18(23-7-6-19(2)33-23)8-12-29-13-9-26(10-14-29)17-22(26)24(31)28-20-4-3-5-21(16-20)30-15-11-27-25(30)32/h3-7,16,18,22H,8-15,17H2,1-2H3,(H,27,32)(H,28,31). The number of nitrogens with zero attached hydrogens (tertiary/aromatic N) is 2. The molecule has 1 spiro atoms. The number of carbonyl (C=O) groups excluding carboxylic acids is 2. The molecule has 2 aromatic rings. The zero-order chi connectivity index (χ0) is 23.0. The van der Waals surface area contributed by atoms with Crippen molar-refractivity contribution in [3.63, 3.8) is 0 Å². The van der Waals surface area contributed by atoms with E-state index < -0.39 is 0 Å². The molecule has 1 aromatic carbocycles. The second kappa shape index (κ2) is 8.86. The van der Waals surface area contributed by atoms with Crippen molar-refractivity contribution in [1.29, 1.82) is 0 Å². The van der Waals surface area contributed by atoms with E-state index in [-0.39, 0.29) is 23.3 Å². The molecule has 2 N–H and O–H groups in total. The molecular weight excluding hydrogens is 416 g/mol. The Labute approximate surface area is 195 Å². The molecule has 2 aliphatic heterocycles. The topological polar surface area (TPSA) is 77.8 Å². The lowest BCUT2D eigenvalue weighted by molar-refractivity contribution is -0.118. The van der Waals surface area contributed by atoms with Crippen LogP contribution in [-0.4, -0.2) is 49.6 Å². The number of amides is 3. The molecule has 1 aliphatic carbocycles. The summed E-state index contributed by atoms with van der Waals surface area (Å²) in [6, 6.07) is 11.6. The van der Waals surface area contributed by atoms with Crippen LogP contribution >= 0.6 is 0 Å². The predicted molar refractivity (Wildman–Crippen MR) is 129 cm³/mol. The Bertz CT molecular complexity index is 1020. The van der Waals surface area contributed by atoms with Gasteiger partial charge in [0.15, 0.2) is 0 Å². The molecule has 2 saturated heterocycles. The molecule has 5 rings (SSSR count). The van der Waals surface area contributed by atoms with Crippen LogP contribution < -0.4 is 15.5 Å². The van der Waals surface area contributed by atoms with Gasteiger partial charge >= 0.3 is 6.03 Å². The Morgan fingerprint density at radius 2 is 2.06 bits per heavy atom. The number of likely N-dealkylation sites (tertiary alicyclic amines) is 1. The minimum absolute atomic E-state index is 0.0833. The number of aryl methyl sites for hydroxylation is 1. The molecular formula is C26H34N4O3. The Kier molecular flexibility index (Phi) is 5.91. The van der Waals surface area contributed by atoms with Gasteiger partial charge in [0.2, 0.25) is 5.91 Å². The van der Waals surface area contributed by atoms with Gasteiger partial charge in [0.1, 0.15) is 11.5 Å². The van der Waals surface area contributed by atoms with Crippen LogP contribution in [0.1, 0.15) is 50.0 Å². The maximum absolute atomic E-state index is 13.0. The van der Waals surface area contributed by atoms with Crippen molar-refractivity contribution >= 4 is 23.3 Å². The molecule has 33 heavy (non-hydrogen) atoms. The Hall–Kier alpha value is -2.80. The van der Waals surface area contributed by atoms with E-state index in [1.165, 1.54) is 0 Å². The zero-order valence-electron chi connectivity index (χ0n) is 19.6. The number of furan rings is 1. The maximum Gasteiger partial charge on any atom is 0.321 e. The van der Waals surface area contributed by atoms with E-state index in [0.29, 0.717) is 19.0 Å². The Morgan fingerprint density at radius 3 is 2.76 bits per heavy atom. The van der Waals surface area contributed by atoms with Gasteiger partial charge < -0.3 is 20.0 Å². The number of benzene rings is 1. The van der Waals surface area contributed by atoms with Gasteiger partial charge in [-0.3, -0.25) is 9.69 Å². The SMILES string of the molecule is Cc1ccc(C(C)CCN2CCC3(CC2)CC3C(=O)Nc2cccc(N3CCNC3=O)c2)o1. The largest absolute Gasteiger partial charge is 0.466 e. The molecule has 0 bridgehead atoms. The van der Waals surface area contributed by atoms with E-state index in [1.54, 1.807) is 4.90 Å². The first-order chi connectivity index (χ1) is 15.9. The van der Waals surface area contributed by atoms with Gasteiger partial charge in [-0.25, -0.2) is 4.79 Å². The van der Waals surface area contributed by atoms with Crippen molar-refractivity contribution in [2.75, 3.05) is 42.9 Å². The van der Waals surface area contributed by atoms with E-state index >= 15 is 0 Å². The van der Waals surface area contributed by atoms with Gasteiger partial charge in [0.25, 0.3) is 0 Å². The summed E-state index contributed by atoms with van der Waals surface area (Å²) in [4.78, 5) is 29.1. The Balaban J connectivity index is 1.10. The fourth-order valence-electron chi connectivity index (χ4n) is 5.43. The highest BCUT2D eigenvalue weighted by molar-refractivity contribution is 5.97. The van der Waals surface area contributed by atoms with E-state index in [0.717, 1.165) is 68.2 Å². The first kappa shape index (κ1) is 22.0. The van der Waals surface area contributed by atoms with Crippen molar-refractivity contribution in [3.05, 3.63) is 47.9 Å². The molecule has 1 saturated carbocycles. The lowest BCUT2D eigenvalue weighted by Crippen LogP contribution is -2.37. The van der Waals surface area contributed by atoms with Gasteiger partial charge in [-0.15, -0.1) is 0 Å². The normalized spacial score (nSPS) is 22.9. The molecule has 0 radical (unpaired) electrons. The van der Waals surface area contributed by atoms with Gasteiger partial charge in [0.05, 0.1) is 0 Å². The molecule has 176 valence electrons. The molecule has 3 aliphatic rings. The Morgan fingerprint density at radius 1 is 1.24 bits per heavy atom. The second-order valence-corrected chi connectivity index (χ2v) is 10.0. The number of hydrogen-bond donors (Lipinski definition) is 2. The van der Waals surface area contributed by atoms with Crippen molar-refractivity contribution in [2.45, 2.75) is 45.4 Å². The third kappa shape index (κ3) is 4.64. The van der Waals surface area contributed by atoms with E-state index in [1.807, 2.05) is 37.3 Å². The van der Waals surface area contributed by atoms with Gasteiger partial charge in [-0.1, -0.05) is 13.0 Å². The van der Waals surface area contributed by atoms with E-state index in [2.05, 4.69) is 28.5 Å². The predicted octanol–water partition coefficient (Wildman–Crippen LogP) is 4.35. The smallest absolute Gasteiger partial charge is 0.321 e. The summed E-state index contributed by atoms with van der Waals surface area (Å²) in [5.74, 6) is 2.70. The second-order valence-electron chi connectivity index (χ2n) is 10.0. The minimum Gasteiger partial charge on any atom is -0.466 e. The number of anilines is 2. The number of piperidine rings is 1. The molecule has 7 nitrogen and oxygen atoms in total. The van der Waals surface area contributed by atoms with E-state index in [9.17, 15) is 9.59 Å². The van der Waals surface area contributed by atoms with E-state index in [4.69, 9.17) is 4.42 Å². The third-order valence-corrected chi connectivity index (χ3v) is 7.77. The van der Waals surface area contributed by atoms with Crippen molar-refractivity contribution in [1.82, 2.24) is 10.2 Å². The van der Waals surface area contributed by atoms with Crippen LogP contribution in [0.15, 0.2) is 40.8 Å². The summed E-state index contributed by atoms with van der Waals surface area (Å²) < 4.78 is 5.77. The van der Waals surface area contributed by atoms with Crippen molar-refractivity contribution < 1.29 is 14.0 Å². The lowest BCUT2D eigenvalue weighted by atomic mass is 9.90. The first-order valence-corrected chi connectivity index (χ1v) is 12.2. The highest BCUT2D eigenvalue weighted by atomic mass is 16.3. The summed E-state index contributed by atoms with van der Waals surface area (Å²) in [6.07, 6.45) is 4.26. The van der Waals surface area contributed by atoms with Crippen LogP contribution in [-0.2, 0) is 4.79 Å². The number of carbonyl (C=O) groups is 2. The van der Waals surface area contributed by atoms with Gasteiger partial charge in [-0.2, -0.15) is 0 Å². The van der Waals surface area contributed by atoms with Crippen LogP contribution in [0, 0.1) is 18.3 Å². The summed E-state index contributed by atoms with van der Waals surface area (Å²) in [5, 5.41) is 5.92. The number of hydrogen-bond acceptors (Lipinski definition) is 4. The maximum atomic E-state index is 13.0. The summed E-state index contributed by atoms with van der Waals surface area (Å²) in [5.41, 5.74) is 1.76. The van der Waals surface area contributed by atoms with Crippen molar-refractivity contribution in [3.8, 4) is 0 Å². The summed E-state index contributed by atoms with van der Waals surface area (Å²) >= 11 is 0. The number of urea groups is 1. The highest BCUT2D eigenvalue weighted by Gasteiger charge is 2.58. The number of rotatable bonds is 7. The molecule has 7 heteroatoms. The average molecular weight is 451 g/mol. The third-order valence-electron chi connectivity index (χ3n) is 7.77. The highest BCUT2D eigenvalue weighted by Crippen LogP contribution is 2.59. The fourth-order valence-corrected chi connectivity index (χ4v) is 5.43. The quantitative estimate of drug-likeness (QED) is 0.657.